The summed E-state index contributed by atoms with van der Waals surface area (Å²) >= 11 is 0. The van der Waals surface area contributed by atoms with Crippen LogP contribution in [-0.4, -0.2) is 12.1 Å². The first-order chi connectivity index (χ1) is 6.19. The summed E-state index contributed by atoms with van der Waals surface area (Å²) in [4.78, 5) is 0. The molecule has 13 heavy (non-hydrogen) atoms. The molecule has 1 unspecified atom stereocenters. The van der Waals surface area contributed by atoms with Crippen molar-refractivity contribution in [3.05, 3.63) is 0 Å². The van der Waals surface area contributed by atoms with Gasteiger partial charge in [0, 0.05) is 5.54 Å². The van der Waals surface area contributed by atoms with Gasteiger partial charge in [0.15, 0.2) is 0 Å². The van der Waals surface area contributed by atoms with Crippen LogP contribution in [0, 0.1) is 5.92 Å². The third-order valence-corrected chi connectivity index (χ3v) is 3.50. The number of nitrogens with two attached hydrogens (primary N) is 1. The number of hydrogen-bond donors (Lipinski definition) is 1. The highest BCUT2D eigenvalue weighted by atomic mass is 31.1. The number of rotatable bonds is 5. The van der Waals surface area contributed by atoms with Crippen molar-refractivity contribution in [2.75, 3.05) is 6.61 Å². The molecule has 1 fully saturated rings. The van der Waals surface area contributed by atoms with Crippen LogP contribution in [0.3, 0.4) is 0 Å². The predicted octanol–water partition coefficient (Wildman–Crippen LogP) is 2.51. The Hall–Kier alpha value is 0.0200. The van der Waals surface area contributed by atoms with Crippen molar-refractivity contribution in [3.8, 4) is 0 Å². The van der Waals surface area contributed by atoms with Crippen molar-refractivity contribution in [1.29, 1.82) is 0 Å². The Morgan fingerprint density at radius 2 is 2.15 bits per heavy atom. The Bertz CT molecular complexity index is 169. The van der Waals surface area contributed by atoms with Crippen molar-refractivity contribution in [2.24, 2.45) is 11.7 Å². The molecule has 1 rings (SSSR count). The molecule has 0 heterocycles. The molecular weight excluding hydrogens is 185 g/mol. The van der Waals surface area contributed by atoms with Crippen LogP contribution in [0.15, 0.2) is 0 Å². The van der Waals surface area contributed by atoms with E-state index in [0.29, 0.717) is 12.5 Å². The minimum Gasteiger partial charge on any atom is -0.325 e. The second kappa shape index (κ2) is 5.04. The zero-order valence-corrected chi connectivity index (χ0v) is 9.06. The highest BCUT2D eigenvalue weighted by Crippen LogP contribution is 2.35. The second-order valence-electron chi connectivity index (χ2n) is 4.04. The maximum absolute atomic E-state index is 10.0. The molecule has 76 valence electrons. The fourth-order valence-corrected chi connectivity index (χ4v) is 2.26. The first-order valence-electron chi connectivity index (χ1n) is 4.92. The van der Waals surface area contributed by atoms with E-state index in [1.165, 1.54) is 12.8 Å². The van der Waals surface area contributed by atoms with Gasteiger partial charge in [-0.3, -0.25) is 4.52 Å². The molecule has 0 aromatic rings. The summed E-state index contributed by atoms with van der Waals surface area (Å²) in [6.45, 7) is 2.71. The molecule has 0 aliphatic heterocycles. The fourth-order valence-electron chi connectivity index (χ4n) is 2.08. The minimum absolute atomic E-state index is 0.0170. The molecule has 2 N–H and O–H groups in total. The largest absolute Gasteiger partial charge is 0.327 e. The van der Waals surface area contributed by atoms with Gasteiger partial charge in [0.05, 0.1) is 6.61 Å². The molecule has 0 aromatic carbocycles. The van der Waals surface area contributed by atoms with E-state index >= 15 is 0 Å². The Balaban J connectivity index is 2.28. The third-order valence-electron chi connectivity index (χ3n) is 3.21. The van der Waals surface area contributed by atoms with Crippen LogP contribution in [0.2, 0.25) is 0 Å². The Labute approximate surface area is 81.3 Å². The Morgan fingerprint density at radius 3 is 2.69 bits per heavy atom. The van der Waals surface area contributed by atoms with Crippen LogP contribution in [0.5, 0.6) is 0 Å². The first kappa shape index (κ1) is 11.1. The van der Waals surface area contributed by atoms with E-state index in [4.69, 9.17) is 10.3 Å². The zero-order chi connectivity index (χ0) is 9.73. The van der Waals surface area contributed by atoms with Gasteiger partial charge in [-0.15, -0.1) is 0 Å². The zero-order valence-electron chi connectivity index (χ0n) is 8.16. The maximum Gasteiger partial charge on any atom is 0.327 e. The second-order valence-corrected chi connectivity index (χ2v) is 4.45. The summed E-state index contributed by atoms with van der Waals surface area (Å²) < 4.78 is 14.8. The summed E-state index contributed by atoms with van der Waals surface area (Å²) in [5.41, 5.74) is 6.27. The van der Waals surface area contributed by atoms with Gasteiger partial charge in [0.1, 0.15) is 0 Å². The van der Waals surface area contributed by atoms with E-state index in [0.717, 1.165) is 19.3 Å². The minimum atomic E-state index is -0.219. The van der Waals surface area contributed by atoms with E-state index in [1.54, 1.807) is 0 Å². The van der Waals surface area contributed by atoms with Gasteiger partial charge in [0.25, 0.3) is 0 Å². The lowest BCUT2D eigenvalue weighted by Crippen LogP contribution is -2.43. The van der Waals surface area contributed by atoms with Crippen LogP contribution in [-0.2, 0) is 9.09 Å². The molecule has 3 nitrogen and oxygen atoms in total. The summed E-state index contributed by atoms with van der Waals surface area (Å²) in [5.74, 6) is 0.469. The van der Waals surface area contributed by atoms with Crippen LogP contribution in [0.1, 0.15) is 39.0 Å². The molecule has 0 bridgehead atoms. The fraction of sp³-hybridized carbons (Fsp3) is 1.00. The SMILES string of the molecule is CC(CCOP=O)C1(N)CCCC1. The van der Waals surface area contributed by atoms with Crippen LogP contribution in [0.25, 0.3) is 0 Å². The molecule has 1 saturated carbocycles. The van der Waals surface area contributed by atoms with E-state index in [9.17, 15) is 4.57 Å². The van der Waals surface area contributed by atoms with Crippen molar-refractivity contribution < 1.29 is 9.09 Å². The van der Waals surface area contributed by atoms with Crippen LogP contribution < -0.4 is 5.73 Å². The molecule has 1 atom stereocenters. The van der Waals surface area contributed by atoms with Crippen molar-refractivity contribution in [3.63, 3.8) is 0 Å². The van der Waals surface area contributed by atoms with Crippen molar-refractivity contribution in [1.82, 2.24) is 0 Å². The van der Waals surface area contributed by atoms with E-state index in [-0.39, 0.29) is 14.2 Å². The lowest BCUT2D eigenvalue weighted by Gasteiger charge is -2.30. The lowest BCUT2D eigenvalue weighted by molar-refractivity contribution is 0.230. The maximum atomic E-state index is 10.0. The molecule has 0 saturated heterocycles. The number of hydrogen-bond acceptors (Lipinski definition) is 3. The average Bonchev–Trinajstić information content (AvgIpc) is 2.54. The molecule has 0 amide bonds. The predicted molar refractivity (Wildman–Crippen MR) is 52.7 cm³/mol. The van der Waals surface area contributed by atoms with E-state index in [2.05, 4.69) is 6.92 Å². The average molecular weight is 203 g/mol. The summed E-state index contributed by atoms with van der Waals surface area (Å²) in [6, 6.07) is 0. The van der Waals surface area contributed by atoms with Gasteiger partial charge in [-0.05, 0) is 25.2 Å². The third kappa shape index (κ3) is 3.01. The van der Waals surface area contributed by atoms with Crippen LogP contribution in [0.4, 0.5) is 0 Å². The van der Waals surface area contributed by atoms with E-state index in [1.807, 2.05) is 0 Å². The molecule has 1 aliphatic carbocycles. The van der Waals surface area contributed by atoms with Crippen LogP contribution >= 0.6 is 8.69 Å². The highest BCUT2D eigenvalue weighted by molar-refractivity contribution is 7.17. The smallest absolute Gasteiger partial charge is 0.325 e. The van der Waals surface area contributed by atoms with E-state index < -0.39 is 0 Å². The molecular formula is C9H18NO2P. The molecule has 1 aliphatic rings. The standard InChI is InChI=1S/C9H18NO2P/c1-8(4-7-12-13-11)9(10)5-2-3-6-9/h8H,2-7,10H2,1H3. The monoisotopic (exact) mass is 203 g/mol. The molecule has 0 spiro atoms. The van der Waals surface area contributed by atoms with Gasteiger partial charge in [-0.2, -0.15) is 0 Å². The van der Waals surface area contributed by atoms with Crippen molar-refractivity contribution >= 4 is 8.69 Å². The normalized spacial score (nSPS) is 23.5. The summed E-state index contributed by atoms with van der Waals surface area (Å²) in [5, 5.41) is 0. The highest BCUT2D eigenvalue weighted by Gasteiger charge is 2.34. The Morgan fingerprint density at radius 1 is 1.54 bits per heavy atom. The van der Waals surface area contributed by atoms with Gasteiger partial charge in [-0.25, -0.2) is 4.57 Å². The molecule has 0 radical (unpaired) electrons. The van der Waals surface area contributed by atoms with Gasteiger partial charge in [0.2, 0.25) is 0 Å². The molecule has 4 heteroatoms. The summed E-state index contributed by atoms with van der Waals surface area (Å²) in [6.07, 6.45) is 5.67. The first-order valence-corrected chi connectivity index (χ1v) is 5.65. The molecule has 0 aromatic heterocycles. The van der Waals surface area contributed by atoms with Crippen molar-refractivity contribution in [2.45, 2.75) is 44.6 Å². The quantitative estimate of drug-likeness (QED) is 0.551. The summed E-state index contributed by atoms with van der Waals surface area (Å²) in [7, 11) is -0.219. The van der Waals surface area contributed by atoms with Gasteiger partial charge >= 0.3 is 8.69 Å². The lowest BCUT2D eigenvalue weighted by atomic mass is 9.83. The van der Waals surface area contributed by atoms with Gasteiger partial charge in [-0.1, -0.05) is 19.8 Å². The topological polar surface area (TPSA) is 52.3 Å². The Kier molecular flexibility index (Phi) is 4.30. The van der Waals surface area contributed by atoms with Gasteiger partial charge < -0.3 is 5.73 Å².